The van der Waals surface area contributed by atoms with Crippen LogP contribution in [-0.2, 0) is 19.5 Å². The van der Waals surface area contributed by atoms with E-state index < -0.39 is 7.25 Å². The molecular weight excluding hydrogens is 644 g/mol. The first kappa shape index (κ1) is 33.4. The summed E-state index contributed by atoms with van der Waals surface area (Å²) in [5.74, 6) is 1.62. The molecule has 2 saturated heterocycles. The number of thiophene rings is 1. The molecule has 4 aliphatic rings. The number of fused-ring (bicyclic) bond motifs is 3. The summed E-state index contributed by atoms with van der Waals surface area (Å²) in [4.78, 5) is 0. The van der Waals surface area contributed by atoms with Gasteiger partial charge in [-0.15, -0.1) is 11.3 Å². The Morgan fingerprint density at radius 1 is 0.769 bits per heavy atom. The van der Waals surface area contributed by atoms with Gasteiger partial charge in [-0.3, -0.25) is 0 Å². The van der Waals surface area contributed by atoms with Crippen LogP contribution in [-0.4, -0.2) is 29.9 Å². The van der Waals surface area contributed by atoms with Crippen molar-refractivity contribution >= 4 is 54.4 Å². The Morgan fingerprint density at radius 3 is 1.69 bits per heavy atom. The minimum absolute atomic E-state index is 0. The fourth-order valence-corrected chi connectivity index (χ4v) is 17.2. The van der Waals surface area contributed by atoms with E-state index in [2.05, 4.69) is 87.6 Å². The standard InChI is InChI=1S/C23H34P2S.C7H8.BF4.Rh/c1-5-17-13-12-16(4)24(17)23-22(20-10-8-9-11-21(20)26-23)25-18(6-2)14-15-19(25)7-3;1-2-7-4-3-6(1)5-7;2-1(3,4)5;/h8-11,16-19H,5-7,12-15H2,1-4H3;1-4,6-7H,5H2;;/q;;-1;/t16-,17-,18-,19-,24?;;;/m0.../s1. The third kappa shape index (κ3) is 8.27. The van der Waals surface area contributed by atoms with Gasteiger partial charge < -0.3 is 17.3 Å². The molecule has 2 aliphatic carbocycles. The summed E-state index contributed by atoms with van der Waals surface area (Å²) in [6.07, 6.45) is 20.6. The molecule has 0 amide bonds. The van der Waals surface area contributed by atoms with Gasteiger partial charge in [0, 0.05) is 39.5 Å². The Kier molecular flexibility index (Phi) is 12.8. The van der Waals surface area contributed by atoms with Gasteiger partial charge in [0.15, 0.2) is 0 Å². The molecule has 0 spiro atoms. The van der Waals surface area contributed by atoms with Crippen molar-refractivity contribution in [1.29, 1.82) is 0 Å². The Bertz CT molecular complexity index is 1070. The SMILES string of the molecule is C1=CC2C=CC1C2.CC[C@H]1CC[C@H](CC)P1c1c(P2[C@@H](CC)CC[C@@H]2C)sc2ccccc12.F[B-](F)(F)F.[Rh]. The van der Waals surface area contributed by atoms with E-state index in [1.165, 1.54) is 51.4 Å². The number of hydrogen-bond acceptors (Lipinski definition) is 1. The minimum atomic E-state index is -6.00. The average Bonchev–Trinajstić information content (AvgIpc) is 3.70. The Labute approximate surface area is 252 Å². The van der Waals surface area contributed by atoms with Gasteiger partial charge in [0.25, 0.3) is 0 Å². The molecule has 1 unspecified atom stereocenters. The van der Waals surface area contributed by atoms with E-state index >= 15 is 0 Å². The summed E-state index contributed by atoms with van der Waals surface area (Å²) in [5, 5.41) is 3.55. The molecule has 1 radical (unpaired) electrons. The molecule has 1 aromatic carbocycles. The van der Waals surface area contributed by atoms with Crippen molar-refractivity contribution in [3.63, 3.8) is 0 Å². The average molecular weight is 686 g/mol. The number of allylic oxidation sites excluding steroid dienone is 4. The number of benzene rings is 1. The number of halogens is 4. The molecule has 0 N–H and O–H groups in total. The van der Waals surface area contributed by atoms with Crippen LogP contribution in [0.4, 0.5) is 17.3 Å². The van der Waals surface area contributed by atoms with Gasteiger partial charge in [-0.05, 0) is 91.9 Å². The van der Waals surface area contributed by atoms with E-state index in [0.29, 0.717) is 0 Å². The summed E-state index contributed by atoms with van der Waals surface area (Å²) < 4.78 is 42.5. The van der Waals surface area contributed by atoms with Crippen molar-refractivity contribution < 1.29 is 36.7 Å². The fraction of sp³-hybridized carbons (Fsp3) is 0.600. The van der Waals surface area contributed by atoms with Crippen molar-refractivity contribution in [2.45, 2.75) is 102 Å². The molecule has 2 aliphatic heterocycles. The summed E-state index contributed by atoms with van der Waals surface area (Å²) in [6, 6.07) is 9.41. The molecule has 2 bridgehead atoms. The third-order valence-corrected chi connectivity index (χ3v) is 17.9. The first-order valence-electron chi connectivity index (χ1n) is 14.5. The first-order valence-corrected chi connectivity index (χ1v) is 18.2. The van der Waals surface area contributed by atoms with Crippen molar-refractivity contribution in [2.24, 2.45) is 11.8 Å². The number of rotatable bonds is 5. The molecule has 3 heterocycles. The second kappa shape index (κ2) is 14.9. The van der Waals surface area contributed by atoms with Crippen LogP contribution >= 0.6 is 27.2 Å². The maximum Gasteiger partial charge on any atom is 0.673 e. The third-order valence-electron chi connectivity index (χ3n) is 8.62. The second-order valence-corrected chi connectivity index (χ2v) is 18.0. The van der Waals surface area contributed by atoms with Crippen molar-refractivity contribution in [3.8, 4) is 0 Å². The van der Waals surface area contributed by atoms with Gasteiger partial charge >= 0.3 is 7.25 Å². The van der Waals surface area contributed by atoms with Crippen molar-refractivity contribution in [1.82, 2.24) is 0 Å². The van der Waals surface area contributed by atoms with Gasteiger partial charge in [0.2, 0.25) is 0 Å². The minimum Gasteiger partial charge on any atom is -0.418 e. The van der Waals surface area contributed by atoms with Gasteiger partial charge in [-0.2, -0.15) is 0 Å². The molecule has 0 nitrogen and oxygen atoms in total. The van der Waals surface area contributed by atoms with Gasteiger partial charge in [0.1, 0.15) is 0 Å². The molecule has 0 saturated carbocycles. The maximum absolute atomic E-state index is 9.75. The van der Waals surface area contributed by atoms with Crippen LogP contribution in [0.15, 0.2) is 48.6 Å². The topological polar surface area (TPSA) is 0 Å². The van der Waals surface area contributed by atoms with E-state index in [1.807, 2.05) is 9.92 Å². The van der Waals surface area contributed by atoms with Crippen LogP contribution < -0.4 is 9.92 Å². The van der Waals surface area contributed by atoms with Gasteiger partial charge in [-0.1, -0.05) is 86.0 Å². The predicted octanol–water partition coefficient (Wildman–Crippen LogP) is 10.5. The zero-order valence-electron chi connectivity index (χ0n) is 23.5. The molecule has 39 heavy (non-hydrogen) atoms. The van der Waals surface area contributed by atoms with Crippen molar-refractivity contribution in [3.05, 3.63) is 48.6 Å². The molecular formula is C30H42BF4P2RhS-. The van der Waals surface area contributed by atoms with Crippen LogP contribution in [0.2, 0.25) is 0 Å². The normalized spacial score (nSPS) is 31.1. The zero-order valence-corrected chi connectivity index (χ0v) is 27.7. The monoisotopic (exact) mass is 686 g/mol. The molecule has 9 heteroatoms. The fourth-order valence-electron chi connectivity index (χ4n) is 6.74. The maximum atomic E-state index is 9.75. The zero-order chi connectivity index (χ0) is 27.4. The summed E-state index contributed by atoms with van der Waals surface area (Å²) >= 11 is 2.20. The van der Waals surface area contributed by atoms with Crippen LogP contribution in [0.1, 0.15) is 79.1 Å². The molecule has 2 aromatic rings. The smallest absolute Gasteiger partial charge is 0.418 e. The van der Waals surface area contributed by atoms with Crippen molar-refractivity contribution in [2.75, 3.05) is 0 Å². The first-order chi connectivity index (χ1) is 18.1. The molecule has 6 rings (SSSR count). The Hall–Kier alpha value is -0.0717. The Balaban J connectivity index is 0.000000266. The Morgan fingerprint density at radius 2 is 1.23 bits per heavy atom. The van der Waals surface area contributed by atoms with Crippen LogP contribution in [0.25, 0.3) is 10.1 Å². The van der Waals surface area contributed by atoms with E-state index in [0.717, 1.165) is 34.5 Å². The molecule has 2 fully saturated rings. The van der Waals surface area contributed by atoms with E-state index in [1.54, 1.807) is 10.1 Å². The predicted molar refractivity (Wildman–Crippen MR) is 165 cm³/mol. The van der Waals surface area contributed by atoms with Crippen LogP contribution in [0.5, 0.6) is 0 Å². The summed E-state index contributed by atoms with van der Waals surface area (Å²) in [6.45, 7) is 9.90. The quantitative estimate of drug-likeness (QED) is 0.127. The molecule has 5 atom stereocenters. The second-order valence-electron chi connectivity index (χ2n) is 11.1. The van der Waals surface area contributed by atoms with Crippen LogP contribution in [0.3, 0.4) is 0 Å². The summed E-state index contributed by atoms with van der Waals surface area (Å²) in [5.41, 5.74) is 3.85. The van der Waals surface area contributed by atoms with E-state index in [9.17, 15) is 17.3 Å². The molecule has 219 valence electrons. The largest absolute Gasteiger partial charge is 0.673 e. The molecule has 1 aromatic heterocycles. The summed E-state index contributed by atoms with van der Waals surface area (Å²) in [7, 11) is -5.95. The van der Waals surface area contributed by atoms with Gasteiger partial charge in [0.05, 0.1) is 0 Å². The van der Waals surface area contributed by atoms with E-state index in [-0.39, 0.29) is 35.3 Å². The van der Waals surface area contributed by atoms with E-state index in [4.69, 9.17) is 0 Å². The number of hydrogen-bond donors (Lipinski definition) is 0. The van der Waals surface area contributed by atoms with Gasteiger partial charge in [-0.25, -0.2) is 0 Å². The van der Waals surface area contributed by atoms with Crippen LogP contribution in [0, 0.1) is 11.8 Å².